The number of amides is 3. The molecule has 126 valence electrons. The number of imide groups is 1. The molecule has 2 aliphatic rings. The molecule has 1 aliphatic carbocycles. The summed E-state index contributed by atoms with van der Waals surface area (Å²) < 4.78 is 0. The number of likely N-dealkylation sites (tertiary alicyclic amines) is 1. The first kappa shape index (κ1) is 16.4. The number of carbonyl (C=O) groups is 3. The molecule has 1 aliphatic heterocycles. The number of nitrogens with zero attached hydrogens (tertiary/aromatic N) is 1. The Morgan fingerprint density at radius 2 is 1.62 bits per heavy atom. The van der Waals surface area contributed by atoms with Crippen molar-refractivity contribution in [1.29, 1.82) is 0 Å². The summed E-state index contributed by atoms with van der Waals surface area (Å²) in [5.74, 6) is -0.951. The molecule has 3 rings (SSSR count). The van der Waals surface area contributed by atoms with Crippen molar-refractivity contribution in [3.05, 3.63) is 42.0 Å². The van der Waals surface area contributed by atoms with Gasteiger partial charge in [0.15, 0.2) is 0 Å². The highest BCUT2D eigenvalue weighted by Gasteiger charge is 2.47. The third-order valence-electron chi connectivity index (χ3n) is 4.76. The van der Waals surface area contributed by atoms with Crippen LogP contribution < -0.4 is 5.32 Å². The second kappa shape index (κ2) is 6.59. The summed E-state index contributed by atoms with van der Waals surface area (Å²) in [6.07, 6.45) is 5.05. The lowest BCUT2D eigenvalue weighted by Gasteiger charge is -2.15. The van der Waals surface area contributed by atoms with Gasteiger partial charge in [0.1, 0.15) is 6.54 Å². The van der Waals surface area contributed by atoms with E-state index in [1.54, 1.807) is 0 Å². The zero-order valence-corrected chi connectivity index (χ0v) is 14.0. The Labute approximate surface area is 141 Å². The molecular weight excluding hydrogens is 304 g/mol. The Bertz CT molecular complexity index is 665. The van der Waals surface area contributed by atoms with Crippen LogP contribution in [0.2, 0.25) is 0 Å². The van der Waals surface area contributed by atoms with Gasteiger partial charge < -0.3 is 5.32 Å². The lowest BCUT2D eigenvalue weighted by molar-refractivity contribution is -0.142. The third-order valence-corrected chi connectivity index (χ3v) is 4.76. The smallest absolute Gasteiger partial charge is 0.244 e. The van der Waals surface area contributed by atoms with E-state index < -0.39 is 0 Å². The Kier molecular flexibility index (Phi) is 4.51. The van der Waals surface area contributed by atoms with Crippen molar-refractivity contribution in [3.8, 4) is 0 Å². The number of benzene rings is 1. The second-order valence-electron chi connectivity index (χ2n) is 6.74. The lowest BCUT2D eigenvalue weighted by Crippen LogP contribution is -2.38. The van der Waals surface area contributed by atoms with Gasteiger partial charge in [-0.25, -0.2) is 0 Å². The minimum atomic E-state index is -0.347. The SMILES string of the molecule is CC(C)c1ccc(NC(=O)CN2C(=O)C3CC=CCC3C2=O)cc1. The number of anilines is 1. The highest BCUT2D eigenvalue weighted by molar-refractivity contribution is 6.08. The van der Waals surface area contributed by atoms with Gasteiger partial charge >= 0.3 is 0 Å². The summed E-state index contributed by atoms with van der Waals surface area (Å²) in [5, 5.41) is 2.76. The van der Waals surface area contributed by atoms with Gasteiger partial charge in [-0.3, -0.25) is 19.3 Å². The summed E-state index contributed by atoms with van der Waals surface area (Å²) in [6, 6.07) is 7.61. The van der Waals surface area contributed by atoms with E-state index in [1.807, 2.05) is 36.4 Å². The van der Waals surface area contributed by atoms with Crippen molar-refractivity contribution in [2.75, 3.05) is 11.9 Å². The minimum absolute atomic E-state index is 0.212. The van der Waals surface area contributed by atoms with Crippen molar-refractivity contribution in [2.45, 2.75) is 32.6 Å². The van der Waals surface area contributed by atoms with E-state index in [0.29, 0.717) is 24.4 Å². The van der Waals surface area contributed by atoms with Gasteiger partial charge in [-0.05, 0) is 36.5 Å². The minimum Gasteiger partial charge on any atom is -0.325 e. The maximum atomic E-state index is 12.3. The monoisotopic (exact) mass is 326 g/mol. The van der Waals surface area contributed by atoms with Gasteiger partial charge in [0.25, 0.3) is 0 Å². The predicted molar refractivity (Wildman–Crippen MR) is 91.2 cm³/mol. The van der Waals surface area contributed by atoms with E-state index in [0.717, 1.165) is 4.90 Å². The molecule has 1 saturated heterocycles. The van der Waals surface area contributed by atoms with Crippen molar-refractivity contribution < 1.29 is 14.4 Å². The standard InChI is InChI=1S/C19H22N2O3/c1-12(2)13-7-9-14(10-8-13)20-17(22)11-21-18(23)15-5-3-4-6-16(15)19(21)24/h3-4,7-10,12,15-16H,5-6,11H2,1-2H3,(H,20,22). The fraction of sp³-hybridized carbons (Fsp3) is 0.421. The van der Waals surface area contributed by atoms with Crippen molar-refractivity contribution >= 4 is 23.4 Å². The molecular formula is C19H22N2O3. The average molecular weight is 326 g/mol. The molecule has 5 heteroatoms. The average Bonchev–Trinajstić information content (AvgIpc) is 2.81. The fourth-order valence-electron chi connectivity index (χ4n) is 3.32. The van der Waals surface area contributed by atoms with Gasteiger partial charge in [0, 0.05) is 5.69 Å². The van der Waals surface area contributed by atoms with Crippen molar-refractivity contribution in [3.63, 3.8) is 0 Å². The summed E-state index contributed by atoms with van der Waals surface area (Å²) in [5.41, 5.74) is 1.86. The van der Waals surface area contributed by atoms with E-state index in [4.69, 9.17) is 0 Å². The molecule has 1 N–H and O–H groups in total. The van der Waals surface area contributed by atoms with E-state index >= 15 is 0 Å². The van der Waals surface area contributed by atoms with Gasteiger partial charge in [-0.1, -0.05) is 38.1 Å². The van der Waals surface area contributed by atoms with Crippen LogP contribution in [0.5, 0.6) is 0 Å². The molecule has 2 unspecified atom stereocenters. The highest BCUT2D eigenvalue weighted by atomic mass is 16.2. The molecule has 1 heterocycles. The van der Waals surface area contributed by atoms with Crippen LogP contribution in [0.15, 0.2) is 36.4 Å². The van der Waals surface area contributed by atoms with E-state index in [1.165, 1.54) is 5.56 Å². The molecule has 0 radical (unpaired) electrons. The van der Waals surface area contributed by atoms with Gasteiger partial charge in [0.2, 0.25) is 17.7 Å². The lowest BCUT2D eigenvalue weighted by atomic mass is 9.85. The number of hydrogen-bond donors (Lipinski definition) is 1. The first-order chi connectivity index (χ1) is 11.5. The van der Waals surface area contributed by atoms with Crippen LogP contribution in [-0.2, 0) is 14.4 Å². The largest absolute Gasteiger partial charge is 0.325 e. The Morgan fingerprint density at radius 1 is 1.08 bits per heavy atom. The normalized spacial score (nSPS) is 22.9. The van der Waals surface area contributed by atoms with E-state index in [-0.39, 0.29) is 36.1 Å². The second-order valence-corrected chi connectivity index (χ2v) is 6.74. The number of allylic oxidation sites excluding steroid dienone is 2. The van der Waals surface area contributed by atoms with Crippen LogP contribution in [0.25, 0.3) is 0 Å². The summed E-state index contributed by atoms with van der Waals surface area (Å²) in [6.45, 7) is 4.00. The zero-order valence-electron chi connectivity index (χ0n) is 14.0. The molecule has 0 saturated carbocycles. The Balaban J connectivity index is 1.62. The molecule has 3 amide bonds. The first-order valence-electron chi connectivity index (χ1n) is 8.37. The van der Waals surface area contributed by atoms with Crippen LogP contribution in [-0.4, -0.2) is 29.2 Å². The highest BCUT2D eigenvalue weighted by Crippen LogP contribution is 2.34. The number of carbonyl (C=O) groups excluding carboxylic acids is 3. The molecule has 1 aromatic carbocycles. The number of nitrogens with one attached hydrogen (secondary N) is 1. The van der Waals surface area contributed by atoms with E-state index in [2.05, 4.69) is 19.2 Å². The maximum absolute atomic E-state index is 12.3. The molecule has 0 bridgehead atoms. The van der Waals surface area contributed by atoms with Gasteiger partial charge in [0.05, 0.1) is 11.8 Å². The molecule has 2 atom stereocenters. The summed E-state index contributed by atoms with van der Waals surface area (Å²) in [7, 11) is 0. The van der Waals surface area contributed by atoms with Crippen LogP contribution in [0.4, 0.5) is 5.69 Å². The third kappa shape index (κ3) is 3.11. The summed E-state index contributed by atoms with van der Waals surface area (Å²) in [4.78, 5) is 38.0. The first-order valence-corrected chi connectivity index (χ1v) is 8.37. The molecule has 0 aromatic heterocycles. The molecule has 1 aromatic rings. The van der Waals surface area contributed by atoms with Crippen LogP contribution in [0, 0.1) is 11.8 Å². The van der Waals surface area contributed by atoms with Crippen LogP contribution in [0.1, 0.15) is 38.2 Å². The van der Waals surface area contributed by atoms with Crippen molar-refractivity contribution in [2.24, 2.45) is 11.8 Å². The molecule has 24 heavy (non-hydrogen) atoms. The number of fused-ring (bicyclic) bond motifs is 1. The number of hydrogen-bond acceptors (Lipinski definition) is 3. The zero-order chi connectivity index (χ0) is 17.3. The van der Waals surface area contributed by atoms with Crippen LogP contribution in [0.3, 0.4) is 0 Å². The molecule has 1 fully saturated rings. The topological polar surface area (TPSA) is 66.5 Å². The fourth-order valence-corrected chi connectivity index (χ4v) is 3.32. The quantitative estimate of drug-likeness (QED) is 0.683. The molecule has 0 spiro atoms. The van der Waals surface area contributed by atoms with E-state index in [9.17, 15) is 14.4 Å². The summed E-state index contributed by atoms with van der Waals surface area (Å²) >= 11 is 0. The van der Waals surface area contributed by atoms with Crippen LogP contribution >= 0.6 is 0 Å². The van der Waals surface area contributed by atoms with Gasteiger partial charge in [-0.15, -0.1) is 0 Å². The van der Waals surface area contributed by atoms with Crippen molar-refractivity contribution in [1.82, 2.24) is 4.90 Å². The predicted octanol–water partition coefficient (Wildman–Crippen LogP) is 2.70. The molecule has 5 nitrogen and oxygen atoms in total. The van der Waals surface area contributed by atoms with Gasteiger partial charge in [-0.2, -0.15) is 0 Å². The number of rotatable bonds is 4. The maximum Gasteiger partial charge on any atom is 0.244 e. The Hall–Kier alpha value is -2.43. The Morgan fingerprint density at radius 3 is 2.12 bits per heavy atom.